The Hall–Kier alpha value is -2.22. The molecule has 8 nitrogen and oxygen atoms in total. The van der Waals surface area contributed by atoms with E-state index in [1.165, 1.54) is 12.4 Å². The molecule has 0 aromatic carbocycles. The van der Waals surface area contributed by atoms with Gasteiger partial charge in [0.25, 0.3) is 5.91 Å². The van der Waals surface area contributed by atoms with Crippen molar-refractivity contribution in [2.24, 2.45) is 5.41 Å². The van der Waals surface area contributed by atoms with Gasteiger partial charge in [-0.25, -0.2) is 9.97 Å². The summed E-state index contributed by atoms with van der Waals surface area (Å²) in [5, 5.41) is 9.56. The van der Waals surface area contributed by atoms with Gasteiger partial charge in [-0.05, 0) is 19.3 Å². The van der Waals surface area contributed by atoms with Gasteiger partial charge in [-0.1, -0.05) is 6.92 Å². The Morgan fingerprint density at radius 2 is 1.92 bits per heavy atom. The molecule has 2 aliphatic heterocycles. The van der Waals surface area contributed by atoms with E-state index < -0.39 is 11.4 Å². The number of morpholine rings is 1. The van der Waals surface area contributed by atoms with E-state index in [0.29, 0.717) is 50.5 Å². The van der Waals surface area contributed by atoms with Crippen molar-refractivity contribution < 1.29 is 19.4 Å². The average molecular weight is 348 g/mol. The van der Waals surface area contributed by atoms with E-state index in [9.17, 15) is 14.7 Å². The molecule has 1 N–H and O–H groups in total. The van der Waals surface area contributed by atoms with Crippen molar-refractivity contribution in [2.45, 2.75) is 26.2 Å². The lowest BCUT2D eigenvalue weighted by Gasteiger charge is -2.39. The Bertz CT molecular complexity index is 630. The normalized spacial score (nSPS) is 24.2. The van der Waals surface area contributed by atoms with Gasteiger partial charge in [-0.2, -0.15) is 0 Å². The van der Waals surface area contributed by atoms with E-state index >= 15 is 0 Å². The first kappa shape index (κ1) is 17.6. The van der Waals surface area contributed by atoms with Crippen LogP contribution in [0.3, 0.4) is 0 Å². The molecular formula is C17H24N4O4. The number of aromatic nitrogens is 2. The van der Waals surface area contributed by atoms with Crippen molar-refractivity contribution in [3.63, 3.8) is 0 Å². The molecule has 25 heavy (non-hydrogen) atoms. The molecule has 0 radical (unpaired) electrons. The van der Waals surface area contributed by atoms with Crippen LogP contribution >= 0.6 is 0 Å². The maximum Gasteiger partial charge on any atom is 0.311 e. The van der Waals surface area contributed by atoms with Gasteiger partial charge < -0.3 is 19.6 Å². The smallest absolute Gasteiger partial charge is 0.311 e. The lowest BCUT2D eigenvalue weighted by atomic mass is 9.77. The molecule has 2 aliphatic rings. The minimum absolute atomic E-state index is 0.202. The number of carboxylic acids is 1. The number of hydrogen-bond acceptors (Lipinski definition) is 6. The molecule has 0 spiro atoms. The number of anilines is 1. The quantitative estimate of drug-likeness (QED) is 0.868. The summed E-state index contributed by atoms with van der Waals surface area (Å²) in [6, 6.07) is 0. The monoisotopic (exact) mass is 348 g/mol. The standard InChI is InChI=1S/C17H24N4O4/c1-2-17(15(23)24)4-3-5-21(12-17)14(22)13-10-18-16(19-11-13)20-6-8-25-9-7-20/h10-11H,2-9,12H2,1H3,(H,23,24). The van der Waals surface area contributed by atoms with Gasteiger partial charge in [0, 0.05) is 38.6 Å². The molecule has 3 rings (SSSR count). The van der Waals surface area contributed by atoms with Gasteiger partial charge in [0.1, 0.15) is 0 Å². The molecule has 1 unspecified atom stereocenters. The summed E-state index contributed by atoms with van der Waals surface area (Å²) in [5.41, 5.74) is -0.447. The van der Waals surface area contributed by atoms with Crippen LogP contribution < -0.4 is 4.90 Å². The lowest BCUT2D eigenvalue weighted by molar-refractivity contribution is -0.152. The molecule has 1 atom stereocenters. The SMILES string of the molecule is CCC1(C(=O)O)CCCN(C(=O)c2cnc(N3CCOCC3)nc2)C1. The van der Waals surface area contributed by atoms with Crippen LogP contribution in [0.25, 0.3) is 0 Å². The predicted molar refractivity (Wildman–Crippen MR) is 90.6 cm³/mol. The van der Waals surface area contributed by atoms with E-state index in [-0.39, 0.29) is 12.5 Å². The summed E-state index contributed by atoms with van der Waals surface area (Å²) in [4.78, 5) is 36.6. The zero-order valence-corrected chi connectivity index (χ0v) is 14.5. The van der Waals surface area contributed by atoms with E-state index in [1.54, 1.807) is 4.90 Å². The minimum Gasteiger partial charge on any atom is -0.481 e. The van der Waals surface area contributed by atoms with Crippen LogP contribution in [0.15, 0.2) is 12.4 Å². The number of aliphatic carboxylic acids is 1. The van der Waals surface area contributed by atoms with Crippen LogP contribution in [0, 0.1) is 5.41 Å². The van der Waals surface area contributed by atoms with Crippen molar-refractivity contribution >= 4 is 17.8 Å². The van der Waals surface area contributed by atoms with Crippen molar-refractivity contribution in [1.29, 1.82) is 0 Å². The van der Waals surface area contributed by atoms with Gasteiger partial charge in [-0.15, -0.1) is 0 Å². The van der Waals surface area contributed by atoms with Gasteiger partial charge in [0.2, 0.25) is 5.95 Å². The molecule has 0 aliphatic carbocycles. The molecule has 136 valence electrons. The zero-order chi connectivity index (χ0) is 17.9. The average Bonchev–Trinajstić information content (AvgIpc) is 2.68. The number of carbonyl (C=O) groups excluding carboxylic acids is 1. The van der Waals surface area contributed by atoms with Crippen LogP contribution in [0.2, 0.25) is 0 Å². The molecule has 1 aromatic rings. The molecule has 3 heterocycles. The van der Waals surface area contributed by atoms with Crippen LogP contribution in [0.5, 0.6) is 0 Å². The van der Waals surface area contributed by atoms with Crippen molar-refractivity contribution in [3.05, 3.63) is 18.0 Å². The summed E-state index contributed by atoms with van der Waals surface area (Å²) in [6.07, 6.45) is 4.87. The summed E-state index contributed by atoms with van der Waals surface area (Å²) < 4.78 is 5.31. The third kappa shape index (κ3) is 3.58. The lowest BCUT2D eigenvalue weighted by Crippen LogP contribution is -2.49. The van der Waals surface area contributed by atoms with Crippen molar-refractivity contribution in [3.8, 4) is 0 Å². The van der Waals surface area contributed by atoms with Crippen LogP contribution in [-0.2, 0) is 9.53 Å². The molecule has 2 saturated heterocycles. The third-order valence-electron chi connectivity index (χ3n) is 5.17. The fraction of sp³-hybridized carbons (Fsp3) is 0.647. The first-order valence-corrected chi connectivity index (χ1v) is 8.73. The van der Waals surface area contributed by atoms with Gasteiger partial charge >= 0.3 is 5.97 Å². The Morgan fingerprint density at radius 1 is 1.24 bits per heavy atom. The number of amides is 1. The first-order chi connectivity index (χ1) is 12.1. The van der Waals surface area contributed by atoms with Crippen LogP contribution in [0.1, 0.15) is 36.5 Å². The topological polar surface area (TPSA) is 95.9 Å². The molecule has 8 heteroatoms. The highest BCUT2D eigenvalue weighted by atomic mass is 16.5. The summed E-state index contributed by atoms with van der Waals surface area (Å²) in [5.74, 6) is -0.439. The summed E-state index contributed by atoms with van der Waals surface area (Å²) in [6.45, 7) is 5.43. The predicted octanol–water partition coefficient (Wildman–Crippen LogP) is 1.03. The third-order valence-corrected chi connectivity index (χ3v) is 5.17. The Balaban J connectivity index is 1.71. The van der Waals surface area contributed by atoms with Crippen molar-refractivity contribution in [1.82, 2.24) is 14.9 Å². The molecule has 0 bridgehead atoms. The second-order valence-corrected chi connectivity index (χ2v) is 6.64. The van der Waals surface area contributed by atoms with E-state index in [1.807, 2.05) is 11.8 Å². The second-order valence-electron chi connectivity index (χ2n) is 6.64. The number of likely N-dealkylation sites (tertiary alicyclic amines) is 1. The van der Waals surface area contributed by atoms with E-state index in [4.69, 9.17) is 4.74 Å². The maximum absolute atomic E-state index is 12.7. The number of rotatable bonds is 4. The molecule has 0 saturated carbocycles. The highest BCUT2D eigenvalue weighted by Gasteiger charge is 2.42. The summed E-state index contributed by atoms with van der Waals surface area (Å²) >= 11 is 0. The number of piperidine rings is 1. The largest absolute Gasteiger partial charge is 0.481 e. The zero-order valence-electron chi connectivity index (χ0n) is 14.5. The summed E-state index contributed by atoms with van der Waals surface area (Å²) in [7, 11) is 0. The highest BCUT2D eigenvalue weighted by molar-refractivity contribution is 5.94. The van der Waals surface area contributed by atoms with Gasteiger partial charge in [-0.3, -0.25) is 9.59 Å². The molecule has 2 fully saturated rings. The van der Waals surface area contributed by atoms with Crippen molar-refractivity contribution in [2.75, 3.05) is 44.3 Å². The Labute approximate surface area is 146 Å². The number of nitrogens with zero attached hydrogens (tertiary/aromatic N) is 4. The molecule has 1 aromatic heterocycles. The second kappa shape index (κ2) is 7.35. The number of ether oxygens (including phenoxy) is 1. The fourth-order valence-electron chi connectivity index (χ4n) is 3.46. The highest BCUT2D eigenvalue weighted by Crippen LogP contribution is 2.34. The number of hydrogen-bond donors (Lipinski definition) is 1. The fourth-order valence-corrected chi connectivity index (χ4v) is 3.46. The molecule has 1 amide bonds. The Kier molecular flexibility index (Phi) is 5.17. The van der Waals surface area contributed by atoms with E-state index in [0.717, 1.165) is 13.1 Å². The van der Waals surface area contributed by atoms with Gasteiger partial charge in [0.15, 0.2) is 0 Å². The first-order valence-electron chi connectivity index (χ1n) is 8.73. The Morgan fingerprint density at radius 3 is 2.52 bits per heavy atom. The van der Waals surface area contributed by atoms with E-state index in [2.05, 4.69) is 9.97 Å². The minimum atomic E-state index is -0.845. The maximum atomic E-state index is 12.7. The number of carbonyl (C=O) groups is 2. The number of carboxylic acid groups (broad SMARTS) is 1. The molecular weight excluding hydrogens is 324 g/mol. The van der Waals surface area contributed by atoms with Gasteiger partial charge in [0.05, 0.1) is 24.2 Å². The van der Waals surface area contributed by atoms with Crippen LogP contribution in [-0.4, -0.2) is 71.2 Å². The van der Waals surface area contributed by atoms with Crippen LogP contribution in [0.4, 0.5) is 5.95 Å².